The standard InChI is InChI=1S/C11H17/c1-2-3-5-8-11-9-6-4-7-10-11/h3,5-6,9H,2,4,7-8,10H2,1H3. The average molecular weight is 149 g/mol. The molecule has 0 saturated heterocycles. The van der Waals surface area contributed by atoms with Gasteiger partial charge >= 0.3 is 0 Å². The van der Waals surface area contributed by atoms with E-state index in [-0.39, 0.29) is 0 Å². The first-order chi connectivity index (χ1) is 5.43. The van der Waals surface area contributed by atoms with Crippen molar-refractivity contribution in [3.8, 4) is 0 Å². The minimum atomic E-state index is 1.16. The van der Waals surface area contributed by atoms with E-state index in [1.54, 1.807) is 5.92 Å². The maximum Gasteiger partial charge on any atom is 0.00102 e. The summed E-state index contributed by atoms with van der Waals surface area (Å²) in [6.07, 6.45) is 15.4. The molecule has 0 aromatic rings. The first kappa shape index (κ1) is 8.58. The molecule has 0 heterocycles. The monoisotopic (exact) mass is 149 g/mol. The minimum absolute atomic E-state index is 1.16. The molecule has 0 fully saturated rings. The van der Waals surface area contributed by atoms with Crippen LogP contribution in [0.15, 0.2) is 24.3 Å². The van der Waals surface area contributed by atoms with Gasteiger partial charge in [-0.2, -0.15) is 0 Å². The van der Waals surface area contributed by atoms with Crippen molar-refractivity contribution in [2.45, 2.75) is 39.0 Å². The van der Waals surface area contributed by atoms with Crippen LogP contribution in [-0.4, -0.2) is 0 Å². The zero-order valence-electron chi connectivity index (χ0n) is 7.34. The Kier molecular flexibility index (Phi) is 4.03. The molecule has 0 nitrogen and oxygen atoms in total. The highest BCUT2D eigenvalue weighted by Gasteiger charge is 2.05. The van der Waals surface area contributed by atoms with Crippen molar-refractivity contribution in [2.75, 3.05) is 0 Å². The van der Waals surface area contributed by atoms with E-state index in [9.17, 15) is 0 Å². The van der Waals surface area contributed by atoms with E-state index in [0.717, 1.165) is 6.42 Å². The van der Waals surface area contributed by atoms with Crippen LogP contribution in [0.25, 0.3) is 0 Å². The van der Waals surface area contributed by atoms with Gasteiger partial charge in [-0.25, -0.2) is 0 Å². The second kappa shape index (κ2) is 5.17. The molecule has 1 aliphatic rings. The van der Waals surface area contributed by atoms with Gasteiger partial charge in [-0.3, -0.25) is 0 Å². The van der Waals surface area contributed by atoms with Crippen molar-refractivity contribution in [3.63, 3.8) is 0 Å². The second-order valence-corrected chi connectivity index (χ2v) is 3.04. The van der Waals surface area contributed by atoms with Crippen LogP contribution < -0.4 is 0 Å². The van der Waals surface area contributed by atoms with Crippen molar-refractivity contribution in [3.05, 3.63) is 30.2 Å². The molecule has 61 valence electrons. The third-order valence-electron chi connectivity index (χ3n) is 2.00. The van der Waals surface area contributed by atoms with Crippen molar-refractivity contribution >= 4 is 0 Å². The van der Waals surface area contributed by atoms with Crippen LogP contribution in [0.1, 0.15) is 39.0 Å². The van der Waals surface area contributed by atoms with Crippen LogP contribution in [-0.2, 0) is 0 Å². The molecule has 0 spiro atoms. The molecule has 1 rings (SSSR count). The molecular formula is C11H17. The lowest BCUT2D eigenvalue weighted by molar-refractivity contribution is 0.732. The van der Waals surface area contributed by atoms with Gasteiger partial charge in [0.05, 0.1) is 0 Å². The summed E-state index contributed by atoms with van der Waals surface area (Å²) >= 11 is 0. The molecule has 0 aromatic heterocycles. The highest BCUT2D eigenvalue weighted by molar-refractivity contribution is 5.15. The maximum absolute atomic E-state index is 2.30. The molecule has 0 bridgehead atoms. The largest absolute Gasteiger partial charge is 0.0888 e. The normalized spacial score (nSPS) is 19.7. The van der Waals surface area contributed by atoms with E-state index < -0.39 is 0 Å². The predicted octanol–water partition coefficient (Wildman–Crippen LogP) is 3.66. The third-order valence-corrected chi connectivity index (χ3v) is 2.00. The molecule has 11 heavy (non-hydrogen) atoms. The highest BCUT2D eigenvalue weighted by atomic mass is 14.1. The fourth-order valence-corrected chi connectivity index (χ4v) is 1.35. The summed E-state index contributed by atoms with van der Waals surface area (Å²) in [5.74, 6) is 1.60. The smallest absolute Gasteiger partial charge is 0.00102 e. The lowest BCUT2D eigenvalue weighted by Crippen LogP contribution is -1.95. The van der Waals surface area contributed by atoms with E-state index >= 15 is 0 Å². The molecule has 1 radical (unpaired) electrons. The van der Waals surface area contributed by atoms with Crippen LogP contribution in [0.4, 0.5) is 0 Å². The Bertz CT molecular complexity index is 142. The summed E-state index contributed by atoms with van der Waals surface area (Å²) < 4.78 is 0. The van der Waals surface area contributed by atoms with Gasteiger partial charge in [0.1, 0.15) is 0 Å². The maximum atomic E-state index is 2.30. The molecule has 0 unspecified atom stereocenters. The second-order valence-electron chi connectivity index (χ2n) is 3.04. The van der Waals surface area contributed by atoms with Gasteiger partial charge in [0.15, 0.2) is 0 Å². The Balaban J connectivity index is 2.19. The first-order valence-electron chi connectivity index (χ1n) is 4.59. The molecule has 0 heteroatoms. The number of hydrogen-bond acceptors (Lipinski definition) is 0. The summed E-state index contributed by atoms with van der Waals surface area (Å²) in [6, 6.07) is 0. The van der Waals surface area contributed by atoms with Crippen molar-refractivity contribution in [1.82, 2.24) is 0 Å². The molecule has 0 aliphatic heterocycles. The lowest BCUT2D eigenvalue weighted by atomic mass is 9.93. The van der Waals surface area contributed by atoms with Gasteiger partial charge in [0, 0.05) is 5.92 Å². The number of allylic oxidation sites excluding steroid dienone is 4. The Morgan fingerprint density at radius 2 is 2.36 bits per heavy atom. The van der Waals surface area contributed by atoms with Crippen molar-refractivity contribution < 1.29 is 0 Å². The molecule has 0 atom stereocenters. The Labute approximate surface area is 70.0 Å². The van der Waals surface area contributed by atoms with E-state index in [2.05, 4.69) is 31.2 Å². The summed E-state index contributed by atoms with van der Waals surface area (Å²) in [6.45, 7) is 2.18. The van der Waals surface area contributed by atoms with Crippen LogP contribution >= 0.6 is 0 Å². The van der Waals surface area contributed by atoms with Gasteiger partial charge in [0.2, 0.25) is 0 Å². The van der Waals surface area contributed by atoms with Crippen LogP contribution in [0, 0.1) is 5.92 Å². The van der Waals surface area contributed by atoms with E-state index in [0.29, 0.717) is 0 Å². The van der Waals surface area contributed by atoms with Gasteiger partial charge in [-0.15, -0.1) is 0 Å². The summed E-state index contributed by atoms with van der Waals surface area (Å²) in [7, 11) is 0. The van der Waals surface area contributed by atoms with Gasteiger partial charge in [-0.1, -0.05) is 31.2 Å². The Hall–Kier alpha value is -0.520. The number of rotatable bonds is 3. The van der Waals surface area contributed by atoms with Crippen molar-refractivity contribution in [2.24, 2.45) is 0 Å². The lowest BCUT2D eigenvalue weighted by Gasteiger charge is -2.12. The van der Waals surface area contributed by atoms with Gasteiger partial charge < -0.3 is 0 Å². The fraction of sp³-hybridized carbons (Fsp3) is 0.545. The van der Waals surface area contributed by atoms with Crippen LogP contribution in [0.5, 0.6) is 0 Å². The topological polar surface area (TPSA) is 0 Å². The Morgan fingerprint density at radius 1 is 1.45 bits per heavy atom. The average Bonchev–Trinajstić information content (AvgIpc) is 2.07. The fourth-order valence-electron chi connectivity index (χ4n) is 1.35. The van der Waals surface area contributed by atoms with Crippen molar-refractivity contribution in [1.29, 1.82) is 0 Å². The van der Waals surface area contributed by atoms with Gasteiger partial charge in [-0.05, 0) is 32.1 Å². The Morgan fingerprint density at radius 3 is 3.00 bits per heavy atom. The van der Waals surface area contributed by atoms with Crippen LogP contribution in [0.3, 0.4) is 0 Å². The molecule has 0 aromatic carbocycles. The minimum Gasteiger partial charge on any atom is -0.0888 e. The summed E-state index contributed by atoms with van der Waals surface area (Å²) in [5.41, 5.74) is 0. The van der Waals surface area contributed by atoms with Crippen LogP contribution in [0.2, 0.25) is 0 Å². The van der Waals surface area contributed by atoms with Gasteiger partial charge in [0.25, 0.3) is 0 Å². The summed E-state index contributed by atoms with van der Waals surface area (Å²) in [4.78, 5) is 0. The quantitative estimate of drug-likeness (QED) is 0.537. The molecule has 1 aliphatic carbocycles. The molecular weight excluding hydrogens is 132 g/mol. The van der Waals surface area contributed by atoms with E-state index in [4.69, 9.17) is 0 Å². The predicted molar refractivity (Wildman–Crippen MR) is 50.3 cm³/mol. The molecule has 0 N–H and O–H groups in total. The highest BCUT2D eigenvalue weighted by Crippen LogP contribution is 2.22. The summed E-state index contributed by atoms with van der Waals surface area (Å²) in [5, 5.41) is 0. The zero-order chi connectivity index (χ0) is 7.94. The third kappa shape index (κ3) is 3.41. The molecule has 0 saturated carbocycles. The number of hydrogen-bond donors (Lipinski definition) is 0. The molecule has 0 amide bonds. The first-order valence-corrected chi connectivity index (χ1v) is 4.59. The zero-order valence-corrected chi connectivity index (χ0v) is 7.34. The van der Waals surface area contributed by atoms with E-state index in [1.807, 2.05) is 0 Å². The SMILES string of the molecule is CCC=CC[C]1C=CCCC1. The van der Waals surface area contributed by atoms with E-state index in [1.165, 1.54) is 25.7 Å².